The van der Waals surface area contributed by atoms with Crippen LogP contribution in [0.4, 0.5) is 0 Å². The largest absolute Gasteiger partial charge is 0.372 e. The van der Waals surface area contributed by atoms with Crippen molar-refractivity contribution in [2.75, 3.05) is 6.61 Å². The Kier molecular flexibility index (Phi) is 2.33. The summed E-state index contributed by atoms with van der Waals surface area (Å²) in [5.74, 6) is 0. The molecule has 1 aromatic heterocycles. The highest BCUT2D eigenvalue weighted by Gasteiger charge is 2.30. The Balaban J connectivity index is 2.39. The zero-order chi connectivity index (χ0) is 10.3. The Morgan fingerprint density at radius 3 is 2.64 bits per heavy atom. The van der Waals surface area contributed by atoms with Crippen LogP contribution in [0.2, 0.25) is 0 Å². The van der Waals surface area contributed by atoms with E-state index in [0.29, 0.717) is 0 Å². The van der Waals surface area contributed by atoms with Gasteiger partial charge in [-0.05, 0) is 20.3 Å². The van der Waals surface area contributed by atoms with E-state index in [4.69, 9.17) is 10.5 Å². The van der Waals surface area contributed by atoms with Crippen molar-refractivity contribution in [2.45, 2.75) is 32.4 Å². The van der Waals surface area contributed by atoms with Gasteiger partial charge in [0.2, 0.25) is 0 Å². The lowest BCUT2D eigenvalue weighted by atomic mass is 10.0. The van der Waals surface area contributed by atoms with E-state index in [1.54, 1.807) is 0 Å². The minimum Gasteiger partial charge on any atom is -0.372 e. The van der Waals surface area contributed by atoms with E-state index in [1.807, 2.05) is 18.7 Å². The van der Waals surface area contributed by atoms with Gasteiger partial charge < -0.3 is 10.5 Å². The molecule has 4 nitrogen and oxygen atoms in total. The Labute approximate surface area is 84.0 Å². The number of hydrogen-bond acceptors (Lipinski definition) is 3. The number of aromatic nitrogens is 2. The Hall–Kier alpha value is -0.870. The minimum atomic E-state index is 0.0451. The highest BCUT2D eigenvalue weighted by molar-refractivity contribution is 5.28. The van der Waals surface area contributed by atoms with E-state index >= 15 is 0 Å². The first-order chi connectivity index (χ1) is 6.61. The molecular formula is C10H17N3O. The van der Waals surface area contributed by atoms with Crippen molar-refractivity contribution in [1.82, 2.24) is 9.78 Å². The zero-order valence-electron chi connectivity index (χ0n) is 8.95. The molecule has 0 saturated carbocycles. The van der Waals surface area contributed by atoms with Crippen molar-refractivity contribution < 1.29 is 4.74 Å². The van der Waals surface area contributed by atoms with Crippen LogP contribution < -0.4 is 5.73 Å². The molecule has 0 aromatic carbocycles. The molecule has 0 spiro atoms. The normalized spacial score (nSPS) is 27.1. The van der Waals surface area contributed by atoms with Crippen LogP contribution in [-0.2, 0) is 11.8 Å². The Morgan fingerprint density at radius 1 is 1.50 bits per heavy atom. The van der Waals surface area contributed by atoms with Crippen molar-refractivity contribution in [3.05, 3.63) is 17.0 Å². The maximum atomic E-state index is 6.00. The highest BCUT2D eigenvalue weighted by Crippen LogP contribution is 2.31. The third-order valence-corrected chi connectivity index (χ3v) is 2.99. The van der Waals surface area contributed by atoms with Gasteiger partial charge >= 0.3 is 0 Å². The second kappa shape index (κ2) is 3.37. The van der Waals surface area contributed by atoms with Crippen molar-refractivity contribution in [3.8, 4) is 0 Å². The summed E-state index contributed by atoms with van der Waals surface area (Å²) >= 11 is 0. The fraction of sp³-hybridized carbons (Fsp3) is 0.700. The molecule has 1 fully saturated rings. The topological polar surface area (TPSA) is 53.1 Å². The summed E-state index contributed by atoms with van der Waals surface area (Å²) in [6.07, 6.45) is 0.988. The maximum absolute atomic E-state index is 6.00. The van der Waals surface area contributed by atoms with E-state index in [1.165, 1.54) is 5.56 Å². The van der Waals surface area contributed by atoms with E-state index in [0.717, 1.165) is 24.4 Å². The quantitative estimate of drug-likeness (QED) is 0.722. The second-order valence-corrected chi connectivity index (χ2v) is 3.95. The molecule has 78 valence electrons. The van der Waals surface area contributed by atoms with Gasteiger partial charge in [0.15, 0.2) is 0 Å². The van der Waals surface area contributed by atoms with Gasteiger partial charge in [-0.1, -0.05) is 0 Å². The third kappa shape index (κ3) is 1.35. The van der Waals surface area contributed by atoms with Gasteiger partial charge in [0.1, 0.15) is 6.10 Å². The fourth-order valence-corrected chi connectivity index (χ4v) is 2.11. The highest BCUT2D eigenvalue weighted by atomic mass is 16.5. The predicted molar refractivity (Wildman–Crippen MR) is 54.0 cm³/mol. The van der Waals surface area contributed by atoms with Gasteiger partial charge in [-0.3, -0.25) is 4.68 Å². The molecule has 1 aromatic rings. The summed E-state index contributed by atoms with van der Waals surface area (Å²) in [6, 6.07) is 0.122. The molecule has 2 N–H and O–H groups in total. The molecule has 0 amide bonds. The first kappa shape index (κ1) is 9.68. The zero-order valence-corrected chi connectivity index (χ0v) is 8.95. The molecule has 4 heteroatoms. The Bertz CT molecular complexity index is 345. The number of hydrogen-bond donors (Lipinski definition) is 1. The van der Waals surface area contributed by atoms with Crippen molar-refractivity contribution in [2.24, 2.45) is 12.8 Å². The molecule has 2 heterocycles. The average molecular weight is 195 g/mol. The lowest BCUT2D eigenvalue weighted by molar-refractivity contribution is 0.104. The summed E-state index contributed by atoms with van der Waals surface area (Å²) < 4.78 is 7.54. The molecular weight excluding hydrogens is 178 g/mol. The molecule has 2 atom stereocenters. The van der Waals surface area contributed by atoms with Crippen LogP contribution in [-0.4, -0.2) is 22.4 Å². The summed E-state index contributed by atoms with van der Waals surface area (Å²) in [5.41, 5.74) is 9.37. The molecule has 14 heavy (non-hydrogen) atoms. The van der Waals surface area contributed by atoms with Crippen molar-refractivity contribution >= 4 is 0 Å². The van der Waals surface area contributed by atoms with Crippen LogP contribution in [0.3, 0.4) is 0 Å². The molecule has 0 radical (unpaired) electrons. The molecule has 0 aliphatic carbocycles. The first-order valence-corrected chi connectivity index (χ1v) is 4.98. The standard InChI is InChI=1S/C10H17N3O/c1-6-9(7(2)13(3)12-6)10-8(11)4-5-14-10/h8,10H,4-5,11H2,1-3H3/t8-,10+/m1/s1. The summed E-state index contributed by atoms with van der Waals surface area (Å²) in [7, 11) is 1.95. The van der Waals surface area contributed by atoms with E-state index < -0.39 is 0 Å². The van der Waals surface area contributed by atoms with Gasteiger partial charge in [0.05, 0.1) is 5.69 Å². The van der Waals surface area contributed by atoms with Gasteiger partial charge in [-0.15, -0.1) is 0 Å². The van der Waals surface area contributed by atoms with Gasteiger partial charge in [-0.2, -0.15) is 5.10 Å². The molecule has 1 aliphatic heterocycles. The van der Waals surface area contributed by atoms with Crippen LogP contribution in [0, 0.1) is 13.8 Å². The molecule has 1 saturated heterocycles. The average Bonchev–Trinajstić information content (AvgIpc) is 2.60. The third-order valence-electron chi connectivity index (χ3n) is 2.99. The van der Waals surface area contributed by atoms with Gasteiger partial charge in [-0.25, -0.2) is 0 Å². The first-order valence-electron chi connectivity index (χ1n) is 4.98. The second-order valence-electron chi connectivity index (χ2n) is 3.95. The van der Waals surface area contributed by atoms with Crippen molar-refractivity contribution in [1.29, 1.82) is 0 Å². The molecule has 0 bridgehead atoms. The van der Waals surface area contributed by atoms with E-state index in [9.17, 15) is 0 Å². The van der Waals surface area contributed by atoms with E-state index in [-0.39, 0.29) is 12.1 Å². The number of nitrogens with two attached hydrogens (primary N) is 1. The predicted octanol–water partition coefficient (Wildman–Crippen LogP) is 0.826. The number of nitrogens with zero attached hydrogens (tertiary/aromatic N) is 2. The minimum absolute atomic E-state index is 0.0451. The number of aryl methyl sites for hydroxylation is 2. The Morgan fingerprint density at radius 2 is 2.21 bits per heavy atom. The number of rotatable bonds is 1. The van der Waals surface area contributed by atoms with Crippen LogP contribution in [0.15, 0.2) is 0 Å². The molecule has 0 unspecified atom stereocenters. The fourth-order valence-electron chi connectivity index (χ4n) is 2.11. The van der Waals surface area contributed by atoms with Crippen LogP contribution in [0.5, 0.6) is 0 Å². The summed E-state index contributed by atoms with van der Waals surface area (Å²) in [5, 5.41) is 4.37. The van der Waals surface area contributed by atoms with Crippen molar-refractivity contribution in [3.63, 3.8) is 0 Å². The molecule has 2 rings (SSSR count). The lowest BCUT2D eigenvalue weighted by Gasteiger charge is -2.15. The van der Waals surface area contributed by atoms with E-state index in [2.05, 4.69) is 12.0 Å². The maximum Gasteiger partial charge on any atom is 0.101 e. The lowest BCUT2D eigenvalue weighted by Crippen LogP contribution is -2.24. The van der Waals surface area contributed by atoms with Gasteiger partial charge in [0, 0.05) is 31.0 Å². The van der Waals surface area contributed by atoms with Gasteiger partial charge in [0.25, 0.3) is 0 Å². The smallest absolute Gasteiger partial charge is 0.101 e. The number of ether oxygens (including phenoxy) is 1. The molecule has 1 aliphatic rings. The SMILES string of the molecule is Cc1nn(C)c(C)c1[C@H]1OCC[C@H]1N. The van der Waals surface area contributed by atoms with Crippen LogP contribution >= 0.6 is 0 Å². The van der Waals surface area contributed by atoms with Crippen LogP contribution in [0.25, 0.3) is 0 Å². The van der Waals surface area contributed by atoms with Crippen LogP contribution in [0.1, 0.15) is 29.5 Å². The monoisotopic (exact) mass is 195 g/mol. The summed E-state index contributed by atoms with van der Waals surface area (Å²) in [4.78, 5) is 0. The summed E-state index contributed by atoms with van der Waals surface area (Å²) in [6.45, 7) is 4.83.